The molecule has 1 aromatic rings. The van der Waals surface area contributed by atoms with Crippen LogP contribution in [0.15, 0.2) is 12.4 Å². The van der Waals surface area contributed by atoms with Crippen LogP contribution in [0.1, 0.15) is 6.42 Å². The fourth-order valence-corrected chi connectivity index (χ4v) is 0.845. The molecule has 1 heterocycles. The van der Waals surface area contributed by atoms with Crippen molar-refractivity contribution < 1.29 is 9.90 Å². The predicted octanol–water partition coefficient (Wildman–Crippen LogP) is 0.321. The molecular formula is C7H11N3O2. The molecule has 0 saturated heterocycles. The topological polar surface area (TPSA) is 69.2 Å². The maximum atomic E-state index is 10.2. The van der Waals surface area contributed by atoms with Crippen molar-refractivity contribution >= 4 is 11.7 Å². The molecule has 1 aromatic heterocycles. The zero-order valence-corrected chi connectivity index (χ0v) is 6.82. The van der Waals surface area contributed by atoms with Gasteiger partial charge in [-0.05, 0) is 0 Å². The largest absolute Gasteiger partial charge is 0.481 e. The van der Waals surface area contributed by atoms with Gasteiger partial charge in [0.2, 0.25) is 0 Å². The van der Waals surface area contributed by atoms with E-state index >= 15 is 0 Å². The monoisotopic (exact) mass is 169 g/mol. The lowest BCUT2D eigenvalue weighted by Crippen LogP contribution is -2.20. The number of aliphatic carboxylic acids is 1. The van der Waals surface area contributed by atoms with Crippen LogP contribution in [0.4, 0.5) is 5.69 Å². The maximum absolute atomic E-state index is 10.2. The van der Waals surface area contributed by atoms with Crippen LogP contribution in [0, 0.1) is 0 Å². The number of nitrogens with zero attached hydrogens (tertiary/aromatic N) is 2. The number of aromatic amines is 1. The minimum Gasteiger partial charge on any atom is -0.481 e. The van der Waals surface area contributed by atoms with E-state index in [0.29, 0.717) is 6.54 Å². The molecule has 5 heteroatoms. The second-order valence-corrected chi connectivity index (χ2v) is 2.52. The zero-order valence-electron chi connectivity index (χ0n) is 6.82. The standard InChI is InChI=1S/C7H11N3O2/c1-10(3-2-7(11)12)6-4-8-9-5-6/h4-5H,2-3H2,1H3,(H,8,9)(H,11,12). The molecule has 0 radical (unpaired) electrons. The number of carboxylic acids is 1. The van der Waals surface area contributed by atoms with Crippen molar-refractivity contribution in [2.24, 2.45) is 0 Å². The fraction of sp³-hybridized carbons (Fsp3) is 0.429. The lowest BCUT2D eigenvalue weighted by Gasteiger charge is -2.14. The van der Waals surface area contributed by atoms with Crippen LogP contribution in [0.2, 0.25) is 0 Å². The molecule has 0 fully saturated rings. The summed E-state index contributed by atoms with van der Waals surface area (Å²) < 4.78 is 0. The average molecular weight is 169 g/mol. The normalized spacial score (nSPS) is 9.75. The summed E-state index contributed by atoms with van der Waals surface area (Å²) >= 11 is 0. The van der Waals surface area contributed by atoms with Crippen molar-refractivity contribution in [2.45, 2.75) is 6.42 Å². The van der Waals surface area contributed by atoms with Gasteiger partial charge in [-0.15, -0.1) is 0 Å². The lowest BCUT2D eigenvalue weighted by molar-refractivity contribution is -0.136. The quantitative estimate of drug-likeness (QED) is 0.681. The van der Waals surface area contributed by atoms with Crippen molar-refractivity contribution in [2.75, 3.05) is 18.5 Å². The Morgan fingerprint density at radius 2 is 2.58 bits per heavy atom. The Labute approximate surface area is 70.0 Å². The van der Waals surface area contributed by atoms with Gasteiger partial charge >= 0.3 is 5.97 Å². The Bertz CT molecular complexity index is 245. The molecule has 0 aromatic carbocycles. The second kappa shape index (κ2) is 3.75. The number of anilines is 1. The summed E-state index contributed by atoms with van der Waals surface area (Å²) in [4.78, 5) is 12.1. The van der Waals surface area contributed by atoms with E-state index < -0.39 is 5.97 Å². The molecule has 66 valence electrons. The van der Waals surface area contributed by atoms with Crippen LogP contribution in [0.3, 0.4) is 0 Å². The third kappa shape index (κ3) is 2.26. The molecule has 0 saturated carbocycles. The van der Waals surface area contributed by atoms with Crippen LogP contribution >= 0.6 is 0 Å². The minimum atomic E-state index is -0.787. The summed E-state index contributed by atoms with van der Waals surface area (Å²) in [6, 6.07) is 0. The van der Waals surface area contributed by atoms with E-state index in [1.165, 1.54) is 0 Å². The van der Waals surface area contributed by atoms with Crippen molar-refractivity contribution in [3.05, 3.63) is 12.4 Å². The Balaban J connectivity index is 2.39. The number of carboxylic acid groups (broad SMARTS) is 1. The van der Waals surface area contributed by atoms with Gasteiger partial charge in [0.1, 0.15) is 0 Å². The van der Waals surface area contributed by atoms with Crippen LogP contribution in [-0.4, -0.2) is 34.9 Å². The van der Waals surface area contributed by atoms with Gasteiger partial charge in [-0.25, -0.2) is 0 Å². The first-order chi connectivity index (χ1) is 5.70. The lowest BCUT2D eigenvalue weighted by atomic mass is 10.4. The number of nitrogens with one attached hydrogen (secondary N) is 1. The molecule has 0 spiro atoms. The number of rotatable bonds is 4. The highest BCUT2D eigenvalue weighted by atomic mass is 16.4. The number of hydrogen-bond donors (Lipinski definition) is 2. The first kappa shape index (κ1) is 8.58. The molecule has 0 bridgehead atoms. The number of aromatic nitrogens is 2. The Kier molecular flexibility index (Phi) is 2.68. The Morgan fingerprint density at radius 1 is 1.83 bits per heavy atom. The van der Waals surface area contributed by atoms with E-state index in [0.717, 1.165) is 5.69 Å². The molecule has 5 nitrogen and oxygen atoms in total. The van der Waals surface area contributed by atoms with E-state index in [1.54, 1.807) is 12.4 Å². The zero-order chi connectivity index (χ0) is 8.97. The van der Waals surface area contributed by atoms with E-state index in [4.69, 9.17) is 5.11 Å². The molecule has 2 N–H and O–H groups in total. The summed E-state index contributed by atoms with van der Waals surface area (Å²) in [7, 11) is 1.83. The molecule has 0 amide bonds. The van der Waals surface area contributed by atoms with Crippen LogP contribution in [0.25, 0.3) is 0 Å². The minimum absolute atomic E-state index is 0.141. The highest BCUT2D eigenvalue weighted by Crippen LogP contribution is 2.07. The van der Waals surface area contributed by atoms with Gasteiger partial charge in [0.05, 0.1) is 18.3 Å². The van der Waals surface area contributed by atoms with Gasteiger partial charge in [-0.1, -0.05) is 0 Å². The highest BCUT2D eigenvalue weighted by Gasteiger charge is 2.03. The average Bonchev–Trinajstić information content (AvgIpc) is 2.51. The molecule has 0 unspecified atom stereocenters. The summed E-state index contributed by atoms with van der Waals surface area (Å²) in [5.41, 5.74) is 0.899. The van der Waals surface area contributed by atoms with Crippen molar-refractivity contribution in [3.8, 4) is 0 Å². The van der Waals surface area contributed by atoms with Gasteiger partial charge < -0.3 is 10.0 Å². The number of carbonyl (C=O) groups is 1. The molecular weight excluding hydrogens is 158 g/mol. The van der Waals surface area contributed by atoms with Crippen molar-refractivity contribution in [1.29, 1.82) is 0 Å². The highest BCUT2D eigenvalue weighted by molar-refractivity contribution is 5.67. The Morgan fingerprint density at radius 3 is 3.08 bits per heavy atom. The number of H-pyrrole nitrogens is 1. The smallest absolute Gasteiger partial charge is 0.305 e. The second-order valence-electron chi connectivity index (χ2n) is 2.52. The van der Waals surface area contributed by atoms with Crippen LogP contribution < -0.4 is 4.90 Å². The molecule has 0 aliphatic rings. The van der Waals surface area contributed by atoms with Gasteiger partial charge in [0.25, 0.3) is 0 Å². The van der Waals surface area contributed by atoms with Crippen molar-refractivity contribution in [1.82, 2.24) is 10.2 Å². The summed E-state index contributed by atoms with van der Waals surface area (Å²) in [6.45, 7) is 0.495. The summed E-state index contributed by atoms with van der Waals surface area (Å²) in [5, 5.41) is 14.8. The number of hydrogen-bond acceptors (Lipinski definition) is 3. The van der Waals surface area contributed by atoms with Crippen LogP contribution in [-0.2, 0) is 4.79 Å². The van der Waals surface area contributed by atoms with E-state index in [2.05, 4.69) is 10.2 Å². The predicted molar refractivity (Wildman–Crippen MR) is 44.1 cm³/mol. The Hall–Kier alpha value is -1.52. The third-order valence-electron chi connectivity index (χ3n) is 1.59. The SMILES string of the molecule is CN(CCC(=O)O)c1cn[nH]c1. The molecule has 12 heavy (non-hydrogen) atoms. The first-order valence-corrected chi connectivity index (χ1v) is 3.62. The van der Waals surface area contributed by atoms with Gasteiger partial charge in [0.15, 0.2) is 0 Å². The molecule has 0 atom stereocenters. The van der Waals surface area contributed by atoms with Crippen LogP contribution in [0.5, 0.6) is 0 Å². The van der Waals surface area contributed by atoms with Crippen molar-refractivity contribution in [3.63, 3.8) is 0 Å². The maximum Gasteiger partial charge on any atom is 0.305 e. The van der Waals surface area contributed by atoms with Gasteiger partial charge in [-0.2, -0.15) is 5.10 Å². The fourth-order valence-electron chi connectivity index (χ4n) is 0.845. The van der Waals surface area contributed by atoms with Gasteiger partial charge in [-0.3, -0.25) is 9.89 Å². The van der Waals surface area contributed by atoms with Gasteiger partial charge in [0, 0.05) is 19.8 Å². The van der Waals surface area contributed by atoms with E-state index in [-0.39, 0.29) is 6.42 Å². The first-order valence-electron chi connectivity index (χ1n) is 3.62. The molecule has 0 aliphatic carbocycles. The molecule has 0 aliphatic heterocycles. The van der Waals surface area contributed by atoms with E-state index in [1.807, 2.05) is 11.9 Å². The van der Waals surface area contributed by atoms with E-state index in [9.17, 15) is 4.79 Å². The third-order valence-corrected chi connectivity index (χ3v) is 1.59. The summed E-state index contributed by atoms with van der Waals surface area (Å²) in [5.74, 6) is -0.787. The molecule has 1 rings (SSSR count). The summed E-state index contributed by atoms with van der Waals surface area (Å²) in [6.07, 6.45) is 3.52.